The number of rotatable bonds is 2. The van der Waals surface area contributed by atoms with Crippen LogP contribution in [0.1, 0.15) is 19.3 Å². The third kappa shape index (κ3) is 2.25. The molecule has 0 N–H and O–H groups in total. The number of hydrogen-bond donors (Lipinski definition) is 0. The SMILES string of the molecule is C1CC(CN2CCC3(C2)OCCO3)CCO1. The Kier molecular flexibility index (Phi) is 3.16. The summed E-state index contributed by atoms with van der Waals surface area (Å²) in [4.78, 5) is 2.50. The lowest BCUT2D eigenvalue weighted by molar-refractivity contribution is -0.145. The summed E-state index contributed by atoms with van der Waals surface area (Å²) in [6.45, 7) is 6.70. The fourth-order valence-electron chi connectivity index (χ4n) is 3.01. The fraction of sp³-hybridized carbons (Fsp3) is 1.00. The molecule has 3 rings (SSSR count). The highest BCUT2D eigenvalue weighted by Crippen LogP contribution is 2.31. The van der Waals surface area contributed by atoms with Gasteiger partial charge in [-0.1, -0.05) is 0 Å². The highest BCUT2D eigenvalue weighted by atomic mass is 16.7. The van der Waals surface area contributed by atoms with E-state index in [4.69, 9.17) is 14.2 Å². The van der Waals surface area contributed by atoms with E-state index in [0.717, 1.165) is 51.9 Å². The molecule has 4 heteroatoms. The van der Waals surface area contributed by atoms with Gasteiger partial charge in [0.1, 0.15) is 0 Å². The molecule has 0 saturated carbocycles. The average molecular weight is 227 g/mol. The topological polar surface area (TPSA) is 30.9 Å². The van der Waals surface area contributed by atoms with E-state index < -0.39 is 0 Å². The maximum Gasteiger partial charge on any atom is 0.182 e. The largest absolute Gasteiger partial charge is 0.381 e. The first-order valence-electron chi connectivity index (χ1n) is 6.44. The van der Waals surface area contributed by atoms with Crippen LogP contribution in [0, 0.1) is 5.92 Å². The van der Waals surface area contributed by atoms with Gasteiger partial charge in [-0.3, -0.25) is 4.90 Å². The summed E-state index contributed by atoms with van der Waals surface area (Å²) >= 11 is 0. The van der Waals surface area contributed by atoms with Crippen molar-refractivity contribution in [1.29, 1.82) is 0 Å². The first kappa shape index (κ1) is 11.0. The molecule has 3 aliphatic rings. The molecular weight excluding hydrogens is 206 g/mol. The van der Waals surface area contributed by atoms with E-state index in [9.17, 15) is 0 Å². The molecular formula is C12H21NO3. The van der Waals surface area contributed by atoms with Crippen molar-refractivity contribution in [2.24, 2.45) is 5.92 Å². The Morgan fingerprint density at radius 3 is 2.56 bits per heavy atom. The van der Waals surface area contributed by atoms with Crippen LogP contribution in [0.15, 0.2) is 0 Å². The monoisotopic (exact) mass is 227 g/mol. The Bertz CT molecular complexity index is 234. The molecule has 0 aromatic heterocycles. The van der Waals surface area contributed by atoms with Gasteiger partial charge in [0.05, 0.1) is 19.8 Å². The minimum Gasteiger partial charge on any atom is -0.381 e. The second kappa shape index (κ2) is 4.61. The van der Waals surface area contributed by atoms with E-state index in [1.165, 1.54) is 19.4 Å². The maximum atomic E-state index is 5.73. The molecule has 0 aromatic carbocycles. The molecule has 4 nitrogen and oxygen atoms in total. The van der Waals surface area contributed by atoms with Crippen LogP contribution in [-0.2, 0) is 14.2 Å². The van der Waals surface area contributed by atoms with Crippen molar-refractivity contribution in [2.45, 2.75) is 25.0 Å². The summed E-state index contributed by atoms with van der Waals surface area (Å²) < 4.78 is 16.9. The number of nitrogens with zero attached hydrogens (tertiary/aromatic N) is 1. The summed E-state index contributed by atoms with van der Waals surface area (Å²) in [6.07, 6.45) is 3.46. The highest BCUT2D eigenvalue weighted by molar-refractivity contribution is 4.87. The lowest BCUT2D eigenvalue weighted by Gasteiger charge is -2.28. The second-order valence-electron chi connectivity index (χ2n) is 5.15. The van der Waals surface area contributed by atoms with Gasteiger partial charge in [-0.25, -0.2) is 0 Å². The summed E-state index contributed by atoms with van der Waals surface area (Å²) in [5.41, 5.74) is 0. The third-order valence-electron chi connectivity index (χ3n) is 3.94. The molecule has 3 fully saturated rings. The maximum absolute atomic E-state index is 5.73. The minimum atomic E-state index is -0.245. The van der Waals surface area contributed by atoms with E-state index in [0.29, 0.717) is 0 Å². The predicted molar refractivity (Wildman–Crippen MR) is 59.2 cm³/mol. The average Bonchev–Trinajstić information content (AvgIpc) is 2.92. The molecule has 92 valence electrons. The zero-order valence-electron chi connectivity index (χ0n) is 9.82. The van der Waals surface area contributed by atoms with Crippen LogP contribution < -0.4 is 0 Å². The standard InChI is InChI=1S/C12H21NO3/c1-5-14-6-2-11(1)9-13-4-3-12(10-13)15-7-8-16-12/h11H,1-10H2. The summed E-state index contributed by atoms with van der Waals surface area (Å²) in [6, 6.07) is 0. The van der Waals surface area contributed by atoms with E-state index in [1.54, 1.807) is 0 Å². The van der Waals surface area contributed by atoms with E-state index in [2.05, 4.69) is 4.90 Å². The number of likely N-dealkylation sites (tertiary alicyclic amines) is 1. The molecule has 0 aliphatic carbocycles. The van der Waals surface area contributed by atoms with Gasteiger partial charge in [-0.2, -0.15) is 0 Å². The Balaban J connectivity index is 1.49. The van der Waals surface area contributed by atoms with Crippen LogP contribution in [0.4, 0.5) is 0 Å². The molecule has 1 spiro atoms. The second-order valence-corrected chi connectivity index (χ2v) is 5.15. The van der Waals surface area contributed by atoms with Crippen LogP contribution in [-0.4, -0.2) is 56.7 Å². The molecule has 3 heterocycles. The van der Waals surface area contributed by atoms with Gasteiger partial charge in [0.2, 0.25) is 0 Å². The van der Waals surface area contributed by atoms with Gasteiger partial charge in [0, 0.05) is 32.7 Å². The molecule has 0 amide bonds. The van der Waals surface area contributed by atoms with Crippen molar-refractivity contribution >= 4 is 0 Å². The molecule has 3 saturated heterocycles. The Morgan fingerprint density at radius 2 is 1.81 bits per heavy atom. The summed E-state index contributed by atoms with van der Waals surface area (Å²) in [5, 5.41) is 0. The van der Waals surface area contributed by atoms with Crippen molar-refractivity contribution in [2.75, 3.05) is 46.1 Å². The summed E-state index contributed by atoms with van der Waals surface area (Å²) in [5.74, 6) is 0.566. The summed E-state index contributed by atoms with van der Waals surface area (Å²) in [7, 11) is 0. The van der Waals surface area contributed by atoms with Crippen molar-refractivity contribution in [3.05, 3.63) is 0 Å². The van der Waals surface area contributed by atoms with Gasteiger partial charge in [-0.15, -0.1) is 0 Å². The zero-order valence-corrected chi connectivity index (χ0v) is 9.82. The van der Waals surface area contributed by atoms with E-state index >= 15 is 0 Å². The quantitative estimate of drug-likeness (QED) is 0.700. The van der Waals surface area contributed by atoms with Crippen molar-refractivity contribution in [1.82, 2.24) is 4.90 Å². The Morgan fingerprint density at radius 1 is 1.06 bits per heavy atom. The van der Waals surface area contributed by atoms with Crippen LogP contribution in [0.25, 0.3) is 0 Å². The Labute approximate surface area is 96.8 Å². The molecule has 16 heavy (non-hydrogen) atoms. The van der Waals surface area contributed by atoms with Crippen LogP contribution in [0.2, 0.25) is 0 Å². The lowest BCUT2D eigenvalue weighted by atomic mass is 10.00. The van der Waals surface area contributed by atoms with Gasteiger partial charge in [0.15, 0.2) is 5.79 Å². The normalized spacial score (nSPS) is 31.5. The first-order chi connectivity index (χ1) is 7.86. The molecule has 0 unspecified atom stereocenters. The molecule has 0 aromatic rings. The van der Waals surface area contributed by atoms with Crippen LogP contribution >= 0.6 is 0 Å². The van der Waals surface area contributed by atoms with Crippen molar-refractivity contribution < 1.29 is 14.2 Å². The Hall–Kier alpha value is -0.160. The minimum absolute atomic E-state index is 0.245. The zero-order chi connectivity index (χ0) is 10.8. The third-order valence-corrected chi connectivity index (χ3v) is 3.94. The molecule has 0 radical (unpaired) electrons. The van der Waals surface area contributed by atoms with E-state index in [1.807, 2.05) is 0 Å². The number of hydrogen-bond acceptors (Lipinski definition) is 4. The fourth-order valence-corrected chi connectivity index (χ4v) is 3.01. The molecule has 0 atom stereocenters. The number of ether oxygens (including phenoxy) is 3. The predicted octanol–water partition coefficient (Wildman–Crippen LogP) is 0.862. The van der Waals surface area contributed by atoms with Crippen LogP contribution in [0.3, 0.4) is 0 Å². The highest BCUT2D eigenvalue weighted by Gasteiger charge is 2.43. The smallest absolute Gasteiger partial charge is 0.182 e. The van der Waals surface area contributed by atoms with Crippen molar-refractivity contribution in [3.8, 4) is 0 Å². The van der Waals surface area contributed by atoms with E-state index in [-0.39, 0.29) is 5.79 Å². The molecule has 3 aliphatic heterocycles. The van der Waals surface area contributed by atoms with Gasteiger partial charge < -0.3 is 14.2 Å². The van der Waals surface area contributed by atoms with Gasteiger partial charge >= 0.3 is 0 Å². The van der Waals surface area contributed by atoms with Gasteiger partial charge in [-0.05, 0) is 18.8 Å². The first-order valence-corrected chi connectivity index (χ1v) is 6.44. The van der Waals surface area contributed by atoms with Gasteiger partial charge in [0.25, 0.3) is 0 Å². The van der Waals surface area contributed by atoms with Crippen molar-refractivity contribution in [3.63, 3.8) is 0 Å². The lowest BCUT2D eigenvalue weighted by Crippen LogP contribution is -2.37. The van der Waals surface area contributed by atoms with Crippen LogP contribution in [0.5, 0.6) is 0 Å². The molecule has 0 bridgehead atoms.